The molecule has 0 saturated carbocycles. The van der Waals surface area contributed by atoms with E-state index in [1.165, 1.54) is 4.31 Å². The Bertz CT molecular complexity index is 686. The number of hydrogen-bond donors (Lipinski definition) is 2. The molecule has 2 fully saturated rings. The van der Waals surface area contributed by atoms with Crippen LogP contribution < -0.4 is 14.9 Å². The van der Waals surface area contributed by atoms with Gasteiger partial charge < -0.3 is 15.4 Å². The van der Waals surface area contributed by atoms with Crippen molar-refractivity contribution in [2.45, 2.75) is 31.7 Å². The van der Waals surface area contributed by atoms with Gasteiger partial charge in [0.05, 0.1) is 11.4 Å². The number of nitrogens with one attached hydrogen (secondary N) is 2. The van der Waals surface area contributed by atoms with Gasteiger partial charge in [-0.25, -0.2) is 13.2 Å². The molecule has 1 aromatic rings. The highest BCUT2D eigenvalue weighted by Gasteiger charge is 2.26. The fourth-order valence-corrected chi connectivity index (χ4v) is 4.64. The maximum atomic E-state index is 12.2. The number of carbonyl (C=O) groups is 1. The summed E-state index contributed by atoms with van der Waals surface area (Å²) in [5.74, 6) is 0.175. The van der Waals surface area contributed by atoms with Gasteiger partial charge in [0.25, 0.3) is 0 Å². The average molecular weight is 353 g/mol. The zero-order valence-corrected chi connectivity index (χ0v) is 14.3. The lowest BCUT2D eigenvalue weighted by atomic mass is 10.1. The molecule has 24 heavy (non-hydrogen) atoms. The minimum Gasteiger partial charge on any atom is -0.381 e. The monoisotopic (exact) mass is 353 g/mol. The van der Waals surface area contributed by atoms with Gasteiger partial charge in [0.1, 0.15) is 0 Å². The number of rotatable bonds is 3. The Labute approximate surface area is 142 Å². The lowest BCUT2D eigenvalue weighted by Gasteiger charge is -2.28. The van der Waals surface area contributed by atoms with E-state index < -0.39 is 10.0 Å². The molecule has 2 amide bonds. The molecule has 0 unspecified atom stereocenters. The van der Waals surface area contributed by atoms with Crippen molar-refractivity contribution in [3.05, 3.63) is 24.3 Å². The summed E-state index contributed by atoms with van der Waals surface area (Å²) in [7, 11) is -3.25. The summed E-state index contributed by atoms with van der Waals surface area (Å²) in [6, 6.07) is 6.80. The number of amides is 2. The number of hydrogen-bond acceptors (Lipinski definition) is 4. The molecule has 132 valence electrons. The summed E-state index contributed by atoms with van der Waals surface area (Å²) in [6.07, 6.45) is 3.16. The Hall–Kier alpha value is -1.80. The lowest BCUT2D eigenvalue weighted by molar-refractivity contribution is 0.0806. The second-order valence-electron chi connectivity index (χ2n) is 6.13. The van der Waals surface area contributed by atoms with Crippen LogP contribution in [0.25, 0.3) is 0 Å². The third kappa shape index (κ3) is 4.18. The molecule has 2 saturated heterocycles. The zero-order valence-electron chi connectivity index (χ0n) is 13.5. The first kappa shape index (κ1) is 17.0. The molecule has 0 aromatic heterocycles. The van der Waals surface area contributed by atoms with Crippen molar-refractivity contribution in [2.75, 3.05) is 35.1 Å². The van der Waals surface area contributed by atoms with E-state index in [2.05, 4.69) is 10.6 Å². The average Bonchev–Trinajstić information content (AvgIpc) is 2.55. The highest BCUT2D eigenvalue weighted by Crippen LogP contribution is 2.26. The number of sulfonamides is 1. The Balaban J connectivity index is 1.65. The second kappa shape index (κ2) is 7.40. The first-order valence-electron chi connectivity index (χ1n) is 8.30. The van der Waals surface area contributed by atoms with Gasteiger partial charge in [-0.3, -0.25) is 4.31 Å². The van der Waals surface area contributed by atoms with E-state index in [0.717, 1.165) is 19.3 Å². The normalized spacial score (nSPS) is 21.2. The topological polar surface area (TPSA) is 87.7 Å². The van der Waals surface area contributed by atoms with Gasteiger partial charge in [0, 0.05) is 31.5 Å². The van der Waals surface area contributed by atoms with Gasteiger partial charge in [0.15, 0.2) is 0 Å². The highest BCUT2D eigenvalue weighted by molar-refractivity contribution is 7.92. The second-order valence-corrected chi connectivity index (χ2v) is 8.14. The lowest BCUT2D eigenvalue weighted by Crippen LogP contribution is -2.41. The molecular formula is C16H23N3O4S. The van der Waals surface area contributed by atoms with E-state index in [0.29, 0.717) is 37.6 Å². The number of carbonyl (C=O) groups excluding carboxylic acids is 1. The Morgan fingerprint density at radius 1 is 1.21 bits per heavy atom. The molecule has 0 bridgehead atoms. The highest BCUT2D eigenvalue weighted by atomic mass is 32.2. The fraction of sp³-hybridized carbons (Fsp3) is 0.562. The van der Waals surface area contributed by atoms with Crippen LogP contribution in [-0.2, 0) is 14.8 Å². The molecule has 2 N–H and O–H groups in total. The Morgan fingerprint density at radius 2 is 2.00 bits per heavy atom. The van der Waals surface area contributed by atoms with Gasteiger partial charge in [-0.1, -0.05) is 6.07 Å². The molecular weight excluding hydrogens is 330 g/mol. The van der Waals surface area contributed by atoms with Crippen molar-refractivity contribution in [2.24, 2.45) is 0 Å². The minimum absolute atomic E-state index is 0.115. The molecule has 2 heterocycles. The van der Waals surface area contributed by atoms with Crippen molar-refractivity contribution < 1.29 is 17.9 Å². The van der Waals surface area contributed by atoms with Gasteiger partial charge in [0.2, 0.25) is 10.0 Å². The van der Waals surface area contributed by atoms with Crippen LogP contribution in [0.1, 0.15) is 25.7 Å². The van der Waals surface area contributed by atoms with Crippen molar-refractivity contribution in [3.8, 4) is 0 Å². The van der Waals surface area contributed by atoms with E-state index in [9.17, 15) is 13.2 Å². The van der Waals surface area contributed by atoms with Crippen LogP contribution in [0, 0.1) is 0 Å². The zero-order chi connectivity index (χ0) is 17.0. The molecule has 8 heteroatoms. The quantitative estimate of drug-likeness (QED) is 0.869. The minimum atomic E-state index is -3.25. The SMILES string of the molecule is O=C(Nc1cccc(N2CCCCS2(=O)=O)c1)NC1CCOCC1. The Morgan fingerprint density at radius 3 is 2.75 bits per heavy atom. The summed E-state index contributed by atoms with van der Waals surface area (Å²) >= 11 is 0. The van der Waals surface area contributed by atoms with Crippen molar-refractivity contribution in [3.63, 3.8) is 0 Å². The molecule has 0 atom stereocenters. The van der Waals surface area contributed by atoms with Crippen molar-refractivity contribution >= 4 is 27.4 Å². The van der Waals surface area contributed by atoms with Crippen LogP contribution in [-0.4, -0.2) is 46.0 Å². The standard InChI is InChI=1S/C16H23N3O4S/c20-16(17-13-6-9-23-10-7-13)18-14-4-3-5-15(12-14)19-8-1-2-11-24(19,21)22/h3-5,12-13H,1-2,6-11H2,(H2,17,18,20). The maximum absolute atomic E-state index is 12.2. The number of ether oxygens (including phenoxy) is 1. The molecule has 0 spiro atoms. The van der Waals surface area contributed by atoms with Gasteiger partial charge in [-0.05, 0) is 43.9 Å². The van der Waals surface area contributed by atoms with Crippen molar-refractivity contribution in [1.82, 2.24) is 5.32 Å². The van der Waals surface area contributed by atoms with Crippen LogP contribution in [0.15, 0.2) is 24.3 Å². The number of benzene rings is 1. The van der Waals surface area contributed by atoms with Gasteiger partial charge in [-0.2, -0.15) is 0 Å². The van der Waals surface area contributed by atoms with Crippen LogP contribution >= 0.6 is 0 Å². The molecule has 3 rings (SSSR count). The largest absolute Gasteiger partial charge is 0.381 e. The summed E-state index contributed by atoms with van der Waals surface area (Å²) in [4.78, 5) is 12.1. The van der Waals surface area contributed by atoms with Crippen molar-refractivity contribution in [1.29, 1.82) is 0 Å². The first-order valence-corrected chi connectivity index (χ1v) is 9.91. The summed E-state index contributed by atoms with van der Waals surface area (Å²) in [6.45, 7) is 1.81. The summed E-state index contributed by atoms with van der Waals surface area (Å²) < 4.78 is 31.1. The molecule has 1 aromatic carbocycles. The number of urea groups is 1. The van der Waals surface area contributed by atoms with Gasteiger partial charge in [-0.15, -0.1) is 0 Å². The van der Waals surface area contributed by atoms with E-state index in [1.54, 1.807) is 24.3 Å². The van der Waals surface area contributed by atoms with E-state index in [4.69, 9.17) is 4.74 Å². The third-order valence-corrected chi connectivity index (χ3v) is 6.17. The smallest absolute Gasteiger partial charge is 0.319 e. The molecule has 2 aliphatic rings. The van der Waals surface area contributed by atoms with E-state index in [-0.39, 0.29) is 17.8 Å². The predicted octanol–water partition coefficient (Wildman–Crippen LogP) is 1.92. The Kier molecular flexibility index (Phi) is 5.25. The summed E-state index contributed by atoms with van der Waals surface area (Å²) in [5.41, 5.74) is 1.18. The van der Waals surface area contributed by atoms with E-state index in [1.807, 2.05) is 0 Å². The number of nitrogens with zero attached hydrogens (tertiary/aromatic N) is 1. The fourth-order valence-electron chi connectivity index (χ4n) is 3.01. The molecule has 7 nitrogen and oxygen atoms in total. The predicted molar refractivity (Wildman–Crippen MR) is 92.8 cm³/mol. The molecule has 2 aliphatic heterocycles. The van der Waals surface area contributed by atoms with Crippen LogP contribution in [0.4, 0.5) is 16.2 Å². The summed E-state index contributed by atoms with van der Waals surface area (Å²) in [5, 5.41) is 5.70. The maximum Gasteiger partial charge on any atom is 0.319 e. The molecule has 0 radical (unpaired) electrons. The van der Waals surface area contributed by atoms with Gasteiger partial charge >= 0.3 is 6.03 Å². The van der Waals surface area contributed by atoms with E-state index >= 15 is 0 Å². The number of anilines is 2. The van der Waals surface area contributed by atoms with Crippen LogP contribution in [0.3, 0.4) is 0 Å². The molecule has 0 aliphatic carbocycles. The third-order valence-electron chi connectivity index (χ3n) is 4.30. The first-order chi connectivity index (χ1) is 11.5. The van der Waals surface area contributed by atoms with Crippen LogP contribution in [0.2, 0.25) is 0 Å². The van der Waals surface area contributed by atoms with Crippen LogP contribution in [0.5, 0.6) is 0 Å².